The van der Waals surface area contributed by atoms with Gasteiger partial charge < -0.3 is 20.9 Å². The number of anilines is 3. The Balaban J connectivity index is 1.86. The number of nitrogens with zero attached hydrogens (tertiary/aromatic N) is 2. The predicted octanol–water partition coefficient (Wildman–Crippen LogP) is 5.85. The van der Waals surface area contributed by atoms with Crippen LogP contribution in [0.25, 0.3) is 0 Å². The summed E-state index contributed by atoms with van der Waals surface area (Å²) in [6, 6.07) is 13.5. The summed E-state index contributed by atoms with van der Waals surface area (Å²) in [4.78, 5) is 19.5. The van der Waals surface area contributed by atoms with Crippen molar-refractivity contribution in [2.75, 3.05) is 23.0 Å². The smallest absolute Gasteiger partial charge is 0.366 e. The van der Waals surface area contributed by atoms with Crippen molar-refractivity contribution in [1.82, 2.24) is 9.97 Å². The van der Waals surface area contributed by atoms with E-state index in [0.717, 1.165) is 5.56 Å². The summed E-state index contributed by atoms with van der Waals surface area (Å²) in [5, 5.41) is 5.58. The number of halogens is 3. The molecule has 3 rings (SSSR count). The normalized spacial score (nSPS) is 11.8. The number of aromatic nitrogens is 2. The minimum atomic E-state index is -4.69. The van der Waals surface area contributed by atoms with Gasteiger partial charge in [0.1, 0.15) is 11.4 Å². The van der Waals surface area contributed by atoms with Crippen molar-refractivity contribution in [1.29, 1.82) is 0 Å². The fraction of sp³-hybridized carbons (Fsp3) is 0.292. The summed E-state index contributed by atoms with van der Waals surface area (Å²) in [7, 11) is -2.31. The molecule has 2 aromatic carbocycles. The second-order valence-corrected chi connectivity index (χ2v) is 11.7. The van der Waals surface area contributed by atoms with Gasteiger partial charge in [0, 0.05) is 30.2 Å². The molecule has 7 nitrogen and oxygen atoms in total. The molecule has 0 atom stereocenters. The number of benzene rings is 2. The second kappa shape index (κ2) is 10.9. The van der Waals surface area contributed by atoms with Crippen molar-refractivity contribution in [2.24, 2.45) is 5.73 Å². The Bertz CT molecular complexity index is 1240. The lowest BCUT2D eigenvalue weighted by atomic mass is 10.1. The van der Waals surface area contributed by atoms with E-state index in [1.807, 2.05) is 19.9 Å². The molecule has 0 fully saturated rings. The Morgan fingerprint density at radius 1 is 1.09 bits per heavy atom. The maximum atomic E-state index is 13.6. The zero-order valence-electron chi connectivity index (χ0n) is 19.4. The standard InChI is InChI=1S/C24H27F3N5O2P/c1-3-35(34,4-2)15-16-8-7-10-18(12-16)31-23-30-14-20(24(25,26)27)22(32-23)29-13-17-9-5-6-11-19(17)21(28)33/h5-12,14H,3-4,13,15H2,1-2H3,(H2,28,33)(H2,29,30,31,32). The van der Waals surface area contributed by atoms with Crippen molar-refractivity contribution in [2.45, 2.75) is 32.7 Å². The molecule has 0 radical (unpaired) electrons. The first-order valence-electron chi connectivity index (χ1n) is 11.0. The highest BCUT2D eigenvalue weighted by atomic mass is 31.2. The lowest BCUT2D eigenvalue weighted by molar-refractivity contribution is -0.137. The quantitative estimate of drug-likeness (QED) is 0.298. The van der Waals surface area contributed by atoms with Crippen LogP contribution in [0.4, 0.5) is 30.6 Å². The molecule has 4 N–H and O–H groups in total. The number of rotatable bonds is 10. The molecule has 186 valence electrons. The van der Waals surface area contributed by atoms with Gasteiger partial charge in [-0.2, -0.15) is 18.2 Å². The Kier molecular flexibility index (Phi) is 8.17. The van der Waals surface area contributed by atoms with Crippen LogP contribution in [0.15, 0.2) is 54.7 Å². The number of nitrogens with two attached hydrogens (primary N) is 1. The van der Waals surface area contributed by atoms with Crippen LogP contribution in [0.3, 0.4) is 0 Å². The number of hydrogen-bond acceptors (Lipinski definition) is 6. The lowest BCUT2D eigenvalue weighted by Gasteiger charge is -2.16. The summed E-state index contributed by atoms with van der Waals surface area (Å²) >= 11 is 0. The summed E-state index contributed by atoms with van der Waals surface area (Å²) in [6.07, 6.45) is -2.36. The maximum Gasteiger partial charge on any atom is 0.421 e. The highest BCUT2D eigenvalue weighted by Crippen LogP contribution is 2.48. The number of carbonyl (C=O) groups excluding carboxylic acids is 1. The lowest BCUT2D eigenvalue weighted by Crippen LogP contribution is -2.17. The number of nitrogens with one attached hydrogen (secondary N) is 2. The van der Waals surface area contributed by atoms with Crippen molar-refractivity contribution in [3.63, 3.8) is 0 Å². The van der Waals surface area contributed by atoms with Crippen molar-refractivity contribution in [3.8, 4) is 0 Å². The molecule has 0 saturated heterocycles. The van der Waals surface area contributed by atoms with Crippen molar-refractivity contribution in [3.05, 3.63) is 77.0 Å². The fourth-order valence-corrected chi connectivity index (χ4v) is 5.29. The average Bonchev–Trinajstić information content (AvgIpc) is 2.82. The molecule has 35 heavy (non-hydrogen) atoms. The van der Waals surface area contributed by atoms with Gasteiger partial charge in [-0.1, -0.05) is 44.2 Å². The molecular formula is C24H27F3N5O2P. The zero-order valence-corrected chi connectivity index (χ0v) is 20.3. The third kappa shape index (κ3) is 6.82. The van der Waals surface area contributed by atoms with E-state index < -0.39 is 30.6 Å². The van der Waals surface area contributed by atoms with E-state index in [1.165, 1.54) is 6.07 Å². The Morgan fingerprint density at radius 2 is 1.80 bits per heavy atom. The monoisotopic (exact) mass is 505 g/mol. The summed E-state index contributed by atoms with van der Waals surface area (Å²) < 4.78 is 53.6. The Labute approximate surface area is 201 Å². The molecule has 0 aliphatic carbocycles. The topological polar surface area (TPSA) is 110 Å². The van der Waals surface area contributed by atoms with Gasteiger partial charge in [-0.05, 0) is 41.6 Å². The number of carbonyl (C=O) groups is 1. The zero-order chi connectivity index (χ0) is 25.6. The number of hydrogen-bond donors (Lipinski definition) is 3. The van der Waals surface area contributed by atoms with Crippen LogP contribution in [-0.2, 0) is 23.4 Å². The van der Waals surface area contributed by atoms with E-state index in [0.29, 0.717) is 35.9 Å². The van der Waals surface area contributed by atoms with E-state index >= 15 is 0 Å². The van der Waals surface area contributed by atoms with Gasteiger partial charge in [-0.25, -0.2) is 4.98 Å². The first-order chi connectivity index (χ1) is 16.5. The number of amides is 1. The van der Waals surface area contributed by atoms with Gasteiger partial charge in [-0.3, -0.25) is 4.79 Å². The molecule has 3 aromatic rings. The third-order valence-corrected chi connectivity index (χ3v) is 8.88. The molecule has 1 amide bonds. The van der Waals surface area contributed by atoms with Crippen molar-refractivity contribution < 1.29 is 22.5 Å². The van der Waals surface area contributed by atoms with Gasteiger partial charge in [0.25, 0.3) is 0 Å². The molecule has 0 aliphatic rings. The second-order valence-electron chi connectivity index (χ2n) is 8.00. The largest absolute Gasteiger partial charge is 0.421 e. The van der Waals surface area contributed by atoms with Crippen LogP contribution in [0, 0.1) is 0 Å². The third-order valence-electron chi connectivity index (χ3n) is 5.63. The SMILES string of the molecule is CCP(=O)(CC)Cc1cccc(Nc2ncc(C(F)(F)F)c(NCc3ccccc3C(N)=O)n2)c1. The Hall–Kier alpha value is -3.39. The van der Waals surface area contributed by atoms with Crippen LogP contribution in [0.5, 0.6) is 0 Å². The minimum absolute atomic E-state index is 0.0463. The Morgan fingerprint density at radius 3 is 2.46 bits per heavy atom. The average molecular weight is 505 g/mol. The number of alkyl halides is 3. The molecule has 0 aliphatic heterocycles. The highest BCUT2D eigenvalue weighted by Gasteiger charge is 2.35. The molecule has 1 heterocycles. The van der Waals surface area contributed by atoms with Crippen LogP contribution in [0.1, 0.15) is 40.9 Å². The first kappa shape index (κ1) is 26.2. The minimum Gasteiger partial charge on any atom is -0.366 e. The van der Waals surface area contributed by atoms with Gasteiger partial charge >= 0.3 is 6.18 Å². The van der Waals surface area contributed by atoms with E-state index in [1.54, 1.807) is 36.4 Å². The van der Waals surface area contributed by atoms with Crippen LogP contribution < -0.4 is 16.4 Å². The molecule has 0 spiro atoms. The van der Waals surface area contributed by atoms with E-state index in [4.69, 9.17) is 5.73 Å². The maximum absolute atomic E-state index is 13.6. The summed E-state index contributed by atoms with van der Waals surface area (Å²) in [5.41, 5.74) is 6.38. The summed E-state index contributed by atoms with van der Waals surface area (Å²) in [6.45, 7) is 3.70. The molecule has 11 heteroatoms. The predicted molar refractivity (Wildman–Crippen MR) is 131 cm³/mol. The van der Waals surface area contributed by atoms with Gasteiger partial charge in [0.15, 0.2) is 0 Å². The van der Waals surface area contributed by atoms with Gasteiger partial charge in [-0.15, -0.1) is 0 Å². The van der Waals surface area contributed by atoms with Gasteiger partial charge in [0.05, 0.1) is 7.14 Å². The van der Waals surface area contributed by atoms with Crippen molar-refractivity contribution >= 4 is 30.5 Å². The first-order valence-corrected chi connectivity index (χ1v) is 13.3. The van der Waals surface area contributed by atoms with Crippen LogP contribution in [-0.4, -0.2) is 28.2 Å². The summed E-state index contributed by atoms with van der Waals surface area (Å²) in [5.74, 6) is -1.17. The van der Waals surface area contributed by atoms with Crippen LogP contribution in [0.2, 0.25) is 0 Å². The van der Waals surface area contributed by atoms with Crippen LogP contribution >= 0.6 is 7.14 Å². The molecule has 0 bridgehead atoms. The van der Waals surface area contributed by atoms with Gasteiger partial charge in [0.2, 0.25) is 11.9 Å². The van der Waals surface area contributed by atoms with E-state index in [9.17, 15) is 22.5 Å². The molecular weight excluding hydrogens is 478 g/mol. The number of primary amides is 1. The van der Waals surface area contributed by atoms with E-state index in [-0.39, 0.29) is 18.1 Å². The van der Waals surface area contributed by atoms with E-state index in [2.05, 4.69) is 20.6 Å². The molecule has 0 unspecified atom stereocenters. The highest BCUT2D eigenvalue weighted by molar-refractivity contribution is 7.63. The molecule has 1 aromatic heterocycles. The molecule has 0 saturated carbocycles. The fourth-order valence-electron chi connectivity index (χ4n) is 3.53.